The summed E-state index contributed by atoms with van der Waals surface area (Å²) < 4.78 is 32.2. The maximum atomic E-state index is 12.4. The average Bonchev–Trinajstić information content (AvgIpc) is 2.71. The summed E-state index contributed by atoms with van der Waals surface area (Å²) in [4.78, 5) is 15.6. The zero-order valence-corrected chi connectivity index (χ0v) is 18.1. The Morgan fingerprint density at radius 3 is 2.59 bits per heavy atom. The Balaban J connectivity index is 1.90. The van der Waals surface area contributed by atoms with E-state index in [1.54, 1.807) is 18.3 Å². The lowest BCUT2D eigenvalue weighted by atomic mass is 9.91. The molecule has 29 heavy (non-hydrogen) atoms. The molecular formula is C21H27ClN2O4S. The number of pyridine rings is 1. The van der Waals surface area contributed by atoms with Crippen LogP contribution in [0.2, 0.25) is 5.02 Å². The standard InChI is InChI=1S/C21H27ClN2O4S/c1-28-21(25)7-3-2-5-17(15-18-6-4-13-23-16-18)12-14-24-29(26,27)20-10-8-19(22)9-11-20/h4,6,8-11,13,16-17,24H,2-3,5,7,12,14-15H2,1H3. The first-order valence-corrected chi connectivity index (χ1v) is 11.5. The molecule has 1 aromatic carbocycles. The molecule has 6 nitrogen and oxygen atoms in total. The predicted octanol–water partition coefficient (Wildman–Crippen LogP) is 4.00. The second-order valence-corrected chi connectivity index (χ2v) is 9.10. The van der Waals surface area contributed by atoms with Crippen LogP contribution in [0.1, 0.15) is 37.7 Å². The smallest absolute Gasteiger partial charge is 0.305 e. The number of benzene rings is 1. The van der Waals surface area contributed by atoms with Crippen molar-refractivity contribution in [2.24, 2.45) is 5.92 Å². The number of unbranched alkanes of at least 4 members (excludes halogenated alkanes) is 1. The first kappa shape index (κ1) is 23.3. The summed E-state index contributed by atoms with van der Waals surface area (Å²) in [5.41, 5.74) is 1.12. The Kier molecular flexibility index (Phi) is 9.57. The predicted molar refractivity (Wildman–Crippen MR) is 113 cm³/mol. The van der Waals surface area contributed by atoms with Gasteiger partial charge in [0.1, 0.15) is 0 Å². The fraction of sp³-hybridized carbons (Fsp3) is 0.429. The molecule has 1 heterocycles. The van der Waals surface area contributed by atoms with Crippen LogP contribution in [0.4, 0.5) is 0 Å². The lowest BCUT2D eigenvalue weighted by Gasteiger charge is -2.17. The Morgan fingerprint density at radius 1 is 1.17 bits per heavy atom. The van der Waals surface area contributed by atoms with E-state index >= 15 is 0 Å². The van der Waals surface area contributed by atoms with E-state index in [4.69, 9.17) is 11.6 Å². The van der Waals surface area contributed by atoms with Gasteiger partial charge < -0.3 is 4.74 Å². The van der Waals surface area contributed by atoms with Crippen LogP contribution in [-0.4, -0.2) is 33.0 Å². The number of hydrogen-bond donors (Lipinski definition) is 1. The van der Waals surface area contributed by atoms with Crippen LogP contribution >= 0.6 is 11.6 Å². The van der Waals surface area contributed by atoms with Crippen molar-refractivity contribution >= 4 is 27.6 Å². The Hall–Kier alpha value is -1.96. The molecule has 1 N–H and O–H groups in total. The van der Waals surface area contributed by atoms with Crippen LogP contribution in [0.5, 0.6) is 0 Å². The number of hydrogen-bond acceptors (Lipinski definition) is 5. The SMILES string of the molecule is COC(=O)CCCCC(CCNS(=O)(=O)c1ccc(Cl)cc1)Cc1cccnc1. The molecule has 0 bridgehead atoms. The summed E-state index contributed by atoms with van der Waals surface area (Å²) in [5.74, 6) is 0.0781. The van der Waals surface area contributed by atoms with Crippen LogP contribution in [-0.2, 0) is 26.0 Å². The van der Waals surface area contributed by atoms with Crippen molar-refractivity contribution in [3.8, 4) is 0 Å². The summed E-state index contributed by atoms with van der Waals surface area (Å²) >= 11 is 5.82. The van der Waals surface area contributed by atoms with Crippen molar-refractivity contribution in [2.75, 3.05) is 13.7 Å². The number of methoxy groups -OCH3 is 1. The van der Waals surface area contributed by atoms with Crippen LogP contribution in [0.15, 0.2) is 53.7 Å². The molecule has 0 saturated heterocycles. The summed E-state index contributed by atoms with van der Waals surface area (Å²) in [7, 11) is -2.18. The molecule has 1 aromatic heterocycles. The highest BCUT2D eigenvalue weighted by molar-refractivity contribution is 7.89. The molecule has 1 unspecified atom stereocenters. The van der Waals surface area contributed by atoms with E-state index in [9.17, 15) is 13.2 Å². The maximum Gasteiger partial charge on any atom is 0.305 e. The monoisotopic (exact) mass is 438 g/mol. The molecule has 0 fully saturated rings. The van der Waals surface area contributed by atoms with Crippen molar-refractivity contribution in [2.45, 2.75) is 43.4 Å². The van der Waals surface area contributed by atoms with Crippen molar-refractivity contribution in [1.82, 2.24) is 9.71 Å². The molecular weight excluding hydrogens is 412 g/mol. The summed E-state index contributed by atoms with van der Waals surface area (Å²) in [6, 6.07) is 10.0. The van der Waals surface area contributed by atoms with Gasteiger partial charge in [0.25, 0.3) is 0 Å². The molecule has 0 saturated carbocycles. The number of carbonyl (C=O) groups excluding carboxylic acids is 1. The zero-order chi connectivity index (χ0) is 21.1. The van der Waals surface area contributed by atoms with E-state index in [1.165, 1.54) is 19.2 Å². The zero-order valence-electron chi connectivity index (χ0n) is 16.5. The van der Waals surface area contributed by atoms with Gasteiger partial charge in [-0.25, -0.2) is 13.1 Å². The molecule has 2 aromatic rings. The third-order valence-corrected chi connectivity index (χ3v) is 6.42. The summed E-state index contributed by atoms with van der Waals surface area (Å²) in [6.07, 6.45) is 8.01. The van der Waals surface area contributed by atoms with Crippen molar-refractivity contribution in [3.05, 3.63) is 59.4 Å². The summed E-state index contributed by atoms with van der Waals surface area (Å²) in [6.45, 7) is 0.340. The minimum absolute atomic E-state index is 0.198. The van der Waals surface area contributed by atoms with E-state index in [1.807, 2.05) is 18.3 Å². The molecule has 0 aliphatic rings. The topological polar surface area (TPSA) is 85.4 Å². The molecule has 1 atom stereocenters. The highest BCUT2D eigenvalue weighted by atomic mass is 35.5. The van der Waals surface area contributed by atoms with Gasteiger partial charge in [-0.2, -0.15) is 0 Å². The van der Waals surface area contributed by atoms with Gasteiger partial charge in [-0.15, -0.1) is 0 Å². The second-order valence-electron chi connectivity index (χ2n) is 6.89. The van der Waals surface area contributed by atoms with Crippen LogP contribution in [0, 0.1) is 5.92 Å². The van der Waals surface area contributed by atoms with Gasteiger partial charge in [-0.3, -0.25) is 9.78 Å². The number of carbonyl (C=O) groups is 1. The quantitative estimate of drug-likeness (QED) is 0.400. The third kappa shape index (κ3) is 8.51. The van der Waals surface area contributed by atoms with Gasteiger partial charge in [0.15, 0.2) is 0 Å². The molecule has 0 amide bonds. The van der Waals surface area contributed by atoms with Crippen molar-refractivity contribution < 1.29 is 17.9 Å². The molecule has 158 valence electrons. The maximum absolute atomic E-state index is 12.4. The normalized spacial score (nSPS) is 12.5. The van der Waals surface area contributed by atoms with Gasteiger partial charge in [-0.05, 0) is 61.1 Å². The van der Waals surface area contributed by atoms with Crippen molar-refractivity contribution in [1.29, 1.82) is 0 Å². The van der Waals surface area contributed by atoms with E-state index in [0.717, 1.165) is 31.2 Å². The second kappa shape index (κ2) is 11.9. The van der Waals surface area contributed by atoms with Gasteiger partial charge in [-0.1, -0.05) is 30.5 Å². The van der Waals surface area contributed by atoms with Gasteiger partial charge in [0.2, 0.25) is 10.0 Å². The molecule has 0 radical (unpaired) electrons. The van der Waals surface area contributed by atoms with E-state index < -0.39 is 10.0 Å². The first-order chi connectivity index (χ1) is 13.9. The number of nitrogens with one attached hydrogen (secondary N) is 1. The van der Waals surface area contributed by atoms with Gasteiger partial charge in [0.05, 0.1) is 12.0 Å². The number of halogens is 1. The van der Waals surface area contributed by atoms with E-state index in [2.05, 4.69) is 14.4 Å². The molecule has 0 spiro atoms. The molecule has 0 aliphatic heterocycles. The lowest BCUT2D eigenvalue weighted by molar-refractivity contribution is -0.140. The highest BCUT2D eigenvalue weighted by Gasteiger charge is 2.16. The number of sulfonamides is 1. The number of esters is 1. The first-order valence-electron chi connectivity index (χ1n) is 9.61. The highest BCUT2D eigenvalue weighted by Crippen LogP contribution is 2.20. The number of aromatic nitrogens is 1. The number of ether oxygens (including phenoxy) is 1. The minimum Gasteiger partial charge on any atom is -0.469 e. The van der Waals surface area contributed by atoms with E-state index in [0.29, 0.717) is 24.4 Å². The fourth-order valence-corrected chi connectivity index (χ4v) is 4.27. The van der Waals surface area contributed by atoms with Gasteiger partial charge >= 0.3 is 5.97 Å². The largest absolute Gasteiger partial charge is 0.469 e. The lowest BCUT2D eigenvalue weighted by Crippen LogP contribution is -2.26. The van der Waals surface area contributed by atoms with Crippen LogP contribution < -0.4 is 4.72 Å². The molecule has 8 heteroatoms. The minimum atomic E-state index is -3.57. The number of nitrogens with zero attached hydrogens (tertiary/aromatic N) is 1. The van der Waals surface area contributed by atoms with Gasteiger partial charge in [0, 0.05) is 30.4 Å². The van der Waals surface area contributed by atoms with Crippen LogP contribution in [0.25, 0.3) is 0 Å². The number of rotatable bonds is 12. The average molecular weight is 439 g/mol. The van der Waals surface area contributed by atoms with Crippen LogP contribution in [0.3, 0.4) is 0 Å². The molecule has 2 rings (SSSR count). The Morgan fingerprint density at radius 2 is 1.93 bits per heavy atom. The fourth-order valence-electron chi connectivity index (χ4n) is 3.10. The molecule has 0 aliphatic carbocycles. The summed E-state index contributed by atoms with van der Waals surface area (Å²) in [5, 5.41) is 0.493. The Labute approximate surface area is 177 Å². The third-order valence-electron chi connectivity index (χ3n) is 4.69. The van der Waals surface area contributed by atoms with Crippen molar-refractivity contribution in [3.63, 3.8) is 0 Å². The Bertz CT molecular complexity index is 858. The van der Waals surface area contributed by atoms with E-state index in [-0.39, 0.29) is 16.8 Å².